The summed E-state index contributed by atoms with van der Waals surface area (Å²) in [6, 6.07) is 9.50. The average molecular weight is 214 g/mol. The predicted molar refractivity (Wildman–Crippen MR) is 65.1 cm³/mol. The zero-order valence-corrected chi connectivity index (χ0v) is 9.12. The topological polar surface area (TPSA) is 85.7 Å². The molecule has 4 nitrogen and oxygen atoms in total. The first kappa shape index (κ1) is 12.0. The van der Waals surface area contributed by atoms with Crippen molar-refractivity contribution in [2.75, 3.05) is 5.32 Å². The van der Waals surface area contributed by atoms with Crippen molar-refractivity contribution in [1.82, 2.24) is 0 Å². The fraction of sp³-hybridized carbons (Fsp3) is 0.167. The van der Waals surface area contributed by atoms with Crippen molar-refractivity contribution in [3.05, 3.63) is 41.6 Å². The maximum Gasteiger partial charge on any atom is 0.119 e. The van der Waals surface area contributed by atoms with Gasteiger partial charge in [-0.05, 0) is 30.7 Å². The van der Waals surface area contributed by atoms with Crippen LogP contribution in [0.15, 0.2) is 36.0 Å². The molecule has 1 rings (SSSR count). The number of allylic oxidation sites excluding steroid dienone is 2. The minimum atomic E-state index is 0.336. The maximum atomic E-state index is 8.84. The monoisotopic (exact) mass is 214 g/mol. The number of rotatable bonds is 4. The van der Waals surface area contributed by atoms with Gasteiger partial charge in [0, 0.05) is 17.9 Å². The van der Waals surface area contributed by atoms with Crippen molar-refractivity contribution < 1.29 is 0 Å². The fourth-order valence-corrected chi connectivity index (χ4v) is 1.19. The highest BCUT2D eigenvalue weighted by Gasteiger charge is 1.97. The molecule has 0 bridgehead atoms. The van der Waals surface area contributed by atoms with Crippen LogP contribution in [0.2, 0.25) is 0 Å². The zero-order valence-electron chi connectivity index (χ0n) is 9.12. The van der Waals surface area contributed by atoms with E-state index >= 15 is 0 Å². The number of benzene rings is 1. The Morgan fingerprint density at radius 1 is 1.50 bits per heavy atom. The van der Waals surface area contributed by atoms with Gasteiger partial charge in [-0.15, -0.1) is 0 Å². The molecule has 82 valence electrons. The van der Waals surface area contributed by atoms with Gasteiger partial charge < -0.3 is 16.5 Å². The molecule has 0 radical (unpaired) electrons. The van der Waals surface area contributed by atoms with Gasteiger partial charge in [-0.25, -0.2) is 0 Å². The van der Waals surface area contributed by atoms with Gasteiger partial charge in [0.1, 0.15) is 11.8 Å². The molecule has 0 aliphatic carbocycles. The van der Waals surface area contributed by atoms with E-state index in [9.17, 15) is 0 Å². The molecular formula is C12H14N4. The lowest BCUT2D eigenvalue weighted by molar-refractivity contribution is 1.07. The third-order valence-electron chi connectivity index (χ3n) is 1.95. The lowest BCUT2D eigenvalue weighted by Crippen LogP contribution is -2.00. The Kier molecular flexibility index (Phi) is 4.25. The van der Waals surface area contributed by atoms with Gasteiger partial charge in [-0.1, -0.05) is 12.1 Å². The molecule has 0 aromatic heterocycles. The lowest BCUT2D eigenvalue weighted by Gasteiger charge is -2.05. The zero-order chi connectivity index (χ0) is 12.0. The van der Waals surface area contributed by atoms with E-state index in [2.05, 4.69) is 5.32 Å². The van der Waals surface area contributed by atoms with E-state index in [1.807, 2.05) is 30.3 Å². The van der Waals surface area contributed by atoms with Gasteiger partial charge in [0.2, 0.25) is 0 Å². The Balaban J connectivity index is 2.79. The Labute approximate surface area is 94.9 Å². The molecule has 0 amide bonds. The first-order chi connectivity index (χ1) is 7.65. The number of nitrogens with zero attached hydrogens (tertiary/aromatic N) is 1. The van der Waals surface area contributed by atoms with Crippen molar-refractivity contribution in [2.45, 2.75) is 13.5 Å². The van der Waals surface area contributed by atoms with Crippen LogP contribution in [0.1, 0.15) is 12.5 Å². The van der Waals surface area contributed by atoms with Gasteiger partial charge in [-0.2, -0.15) is 5.26 Å². The van der Waals surface area contributed by atoms with Gasteiger partial charge in [-0.3, -0.25) is 0 Å². The smallest absolute Gasteiger partial charge is 0.119 e. The number of nitrogens with two attached hydrogens (primary N) is 1. The highest BCUT2D eigenvalue weighted by Crippen LogP contribution is 2.11. The fourth-order valence-electron chi connectivity index (χ4n) is 1.19. The molecule has 1 aromatic rings. The first-order valence-corrected chi connectivity index (χ1v) is 4.88. The molecule has 0 aliphatic rings. The highest BCUT2D eigenvalue weighted by molar-refractivity contribution is 5.91. The summed E-state index contributed by atoms with van der Waals surface area (Å²) in [5.74, 6) is 0. The molecule has 4 N–H and O–H groups in total. The molecule has 0 saturated carbocycles. The van der Waals surface area contributed by atoms with E-state index in [-0.39, 0.29) is 0 Å². The number of hydrogen-bond donors (Lipinski definition) is 3. The molecule has 0 aliphatic heterocycles. The summed E-state index contributed by atoms with van der Waals surface area (Å²) in [5, 5.41) is 19.0. The maximum absolute atomic E-state index is 8.84. The van der Waals surface area contributed by atoms with Crippen LogP contribution in [0.25, 0.3) is 0 Å². The summed E-state index contributed by atoms with van der Waals surface area (Å²) in [6.45, 7) is 2.12. The highest BCUT2D eigenvalue weighted by atomic mass is 14.9. The summed E-state index contributed by atoms with van der Waals surface area (Å²) in [4.78, 5) is 0. The van der Waals surface area contributed by atoms with E-state index in [1.54, 1.807) is 6.92 Å². The Morgan fingerprint density at radius 3 is 2.56 bits per heavy atom. The van der Waals surface area contributed by atoms with Crippen LogP contribution < -0.4 is 11.1 Å². The van der Waals surface area contributed by atoms with Gasteiger partial charge in [0.05, 0.1) is 0 Å². The lowest BCUT2D eigenvalue weighted by atomic mass is 10.2. The van der Waals surface area contributed by atoms with Gasteiger partial charge >= 0.3 is 0 Å². The summed E-state index contributed by atoms with van der Waals surface area (Å²) in [7, 11) is 0. The van der Waals surface area contributed by atoms with Crippen molar-refractivity contribution in [1.29, 1.82) is 10.7 Å². The van der Waals surface area contributed by atoms with E-state index in [4.69, 9.17) is 16.4 Å². The second kappa shape index (κ2) is 5.69. The van der Waals surface area contributed by atoms with Crippen LogP contribution in [-0.2, 0) is 6.54 Å². The molecule has 0 unspecified atom stereocenters. The molecule has 0 fully saturated rings. The first-order valence-electron chi connectivity index (χ1n) is 4.88. The second-order valence-electron chi connectivity index (χ2n) is 3.38. The standard InChI is InChI=1S/C12H14N4/c1-9(15)6-12(8-14)16-11-4-2-10(7-13)3-5-11/h2-6,15-16H,7,13H2,1H3/b12-6-,15-9?. The summed E-state index contributed by atoms with van der Waals surface area (Å²) < 4.78 is 0. The molecule has 4 heteroatoms. The predicted octanol–water partition coefficient (Wildman–Crippen LogP) is 2.00. The molecular weight excluding hydrogens is 200 g/mol. The van der Waals surface area contributed by atoms with Crippen LogP contribution in [0, 0.1) is 16.7 Å². The number of nitriles is 1. The summed E-state index contributed by atoms with van der Waals surface area (Å²) in [5.41, 5.74) is 8.02. The molecule has 0 heterocycles. The van der Waals surface area contributed by atoms with E-state index in [0.29, 0.717) is 18.0 Å². The number of anilines is 1. The Hall–Kier alpha value is -2.12. The molecule has 0 saturated heterocycles. The molecule has 0 spiro atoms. The van der Waals surface area contributed by atoms with E-state index in [0.717, 1.165) is 11.3 Å². The van der Waals surface area contributed by atoms with Crippen LogP contribution in [0.4, 0.5) is 5.69 Å². The molecule has 16 heavy (non-hydrogen) atoms. The van der Waals surface area contributed by atoms with Crippen molar-refractivity contribution in [2.24, 2.45) is 5.73 Å². The number of nitrogens with one attached hydrogen (secondary N) is 2. The third-order valence-corrected chi connectivity index (χ3v) is 1.95. The van der Waals surface area contributed by atoms with E-state index in [1.165, 1.54) is 6.08 Å². The molecule has 1 aromatic carbocycles. The Bertz CT molecular complexity index is 437. The van der Waals surface area contributed by atoms with Gasteiger partial charge in [0.15, 0.2) is 0 Å². The Morgan fingerprint density at radius 2 is 2.12 bits per heavy atom. The second-order valence-corrected chi connectivity index (χ2v) is 3.38. The van der Waals surface area contributed by atoms with Crippen molar-refractivity contribution in [3.63, 3.8) is 0 Å². The van der Waals surface area contributed by atoms with Crippen LogP contribution in [0.5, 0.6) is 0 Å². The third kappa shape index (κ3) is 3.56. The van der Waals surface area contributed by atoms with Gasteiger partial charge in [0.25, 0.3) is 0 Å². The van der Waals surface area contributed by atoms with Crippen LogP contribution in [0.3, 0.4) is 0 Å². The van der Waals surface area contributed by atoms with Crippen molar-refractivity contribution in [3.8, 4) is 6.07 Å². The normalized spacial score (nSPS) is 10.7. The average Bonchev–Trinajstić information content (AvgIpc) is 2.28. The van der Waals surface area contributed by atoms with Crippen LogP contribution >= 0.6 is 0 Å². The summed E-state index contributed by atoms with van der Waals surface area (Å²) >= 11 is 0. The SMILES string of the molecule is CC(=N)/C=C(/C#N)Nc1ccc(CN)cc1. The quantitative estimate of drug-likeness (QED) is 0.529. The summed E-state index contributed by atoms with van der Waals surface area (Å²) in [6.07, 6.45) is 1.48. The number of hydrogen-bond acceptors (Lipinski definition) is 4. The largest absolute Gasteiger partial charge is 0.347 e. The van der Waals surface area contributed by atoms with Crippen molar-refractivity contribution >= 4 is 11.4 Å². The van der Waals surface area contributed by atoms with E-state index < -0.39 is 0 Å². The van der Waals surface area contributed by atoms with Crippen LogP contribution in [-0.4, -0.2) is 5.71 Å². The molecule has 0 atom stereocenters. The minimum Gasteiger partial charge on any atom is -0.347 e. The minimum absolute atomic E-state index is 0.336.